The Labute approximate surface area is 107 Å². The first-order valence-corrected chi connectivity index (χ1v) is 6.35. The molecule has 0 aliphatic carbocycles. The van der Waals surface area contributed by atoms with Gasteiger partial charge in [-0.3, -0.25) is 4.98 Å². The summed E-state index contributed by atoms with van der Waals surface area (Å²) in [4.78, 5) is 4.41. The van der Waals surface area contributed by atoms with Gasteiger partial charge in [0.25, 0.3) is 0 Å². The molecule has 2 aromatic heterocycles. The molecule has 0 aliphatic heterocycles. The number of nitrogens with zero attached hydrogens (tertiary/aromatic N) is 4. The van der Waals surface area contributed by atoms with Crippen LogP contribution in [0.5, 0.6) is 0 Å². The van der Waals surface area contributed by atoms with Crippen LogP contribution in [0, 0.1) is 0 Å². The Balaban J connectivity index is 2.35. The van der Waals surface area contributed by atoms with Gasteiger partial charge in [-0.1, -0.05) is 25.1 Å². The lowest BCUT2D eigenvalue weighted by Crippen LogP contribution is -2.20. The molecule has 1 unspecified atom stereocenters. The quantitative estimate of drug-likeness (QED) is 0.870. The molecule has 0 bridgehead atoms. The number of hydrogen-bond donors (Lipinski definition) is 1. The smallest absolute Gasteiger partial charge is 0.0916 e. The van der Waals surface area contributed by atoms with Crippen LogP contribution in [-0.2, 0) is 13.0 Å². The minimum Gasteiger partial charge on any atom is -0.318 e. The molecule has 2 aromatic rings. The Morgan fingerprint density at radius 1 is 1.39 bits per heavy atom. The van der Waals surface area contributed by atoms with Crippen molar-refractivity contribution in [1.29, 1.82) is 0 Å². The van der Waals surface area contributed by atoms with Crippen molar-refractivity contribution in [1.82, 2.24) is 20.0 Å². The van der Waals surface area contributed by atoms with Gasteiger partial charge in [-0.2, -0.15) is 0 Å². The SMILES string of the molecule is CCCn1nncc1C(N)c1ncccc1CC. The second kappa shape index (κ2) is 5.73. The zero-order chi connectivity index (χ0) is 13.0. The van der Waals surface area contributed by atoms with E-state index in [-0.39, 0.29) is 6.04 Å². The van der Waals surface area contributed by atoms with E-state index in [2.05, 4.69) is 35.2 Å². The third-order valence-corrected chi connectivity index (χ3v) is 3.00. The van der Waals surface area contributed by atoms with E-state index in [0.29, 0.717) is 0 Å². The molecule has 0 spiro atoms. The van der Waals surface area contributed by atoms with Crippen LogP contribution in [0.3, 0.4) is 0 Å². The average Bonchev–Trinajstić information content (AvgIpc) is 2.86. The summed E-state index contributed by atoms with van der Waals surface area (Å²) in [5.41, 5.74) is 9.32. The van der Waals surface area contributed by atoms with Gasteiger partial charge in [0.2, 0.25) is 0 Å². The van der Waals surface area contributed by atoms with Gasteiger partial charge in [-0.05, 0) is 24.5 Å². The maximum Gasteiger partial charge on any atom is 0.0916 e. The molecule has 2 rings (SSSR count). The molecule has 0 radical (unpaired) electrons. The first kappa shape index (κ1) is 12.7. The molecule has 1 atom stereocenters. The number of hydrogen-bond acceptors (Lipinski definition) is 4. The third kappa shape index (κ3) is 2.41. The summed E-state index contributed by atoms with van der Waals surface area (Å²) in [5, 5.41) is 8.01. The molecular weight excluding hydrogens is 226 g/mol. The van der Waals surface area contributed by atoms with Crippen molar-refractivity contribution in [2.75, 3.05) is 0 Å². The Hall–Kier alpha value is -1.75. The molecule has 96 valence electrons. The number of nitrogens with two attached hydrogens (primary N) is 1. The topological polar surface area (TPSA) is 69.6 Å². The summed E-state index contributed by atoms with van der Waals surface area (Å²) in [6.45, 7) is 5.04. The van der Waals surface area contributed by atoms with Gasteiger partial charge in [-0.25, -0.2) is 4.68 Å². The first-order chi connectivity index (χ1) is 8.77. The van der Waals surface area contributed by atoms with Gasteiger partial charge in [0.05, 0.1) is 23.6 Å². The molecule has 2 heterocycles. The predicted octanol–water partition coefficient (Wildman–Crippen LogP) is 1.69. The molecule has 0 fully saturated rings. The van der Waals surface area contributed by atoms with Crippen LogP contribution >= 0.6 is 0 Å². The minimum atomic E-state index is -0.261. The summed E-state index contributed by atoms with van der Waals surface area (Å²) >= 11 is 0. The number of aryl methyl sites for hydroxylation is 2. The van der Waals surface area contributed by atoms with E-state index in [9.17, 15) is 0 Å². The highest BCUT2D eigenvalue weighted by Crippen LogP contribution is 2.20. The van der Waals surface area contributed by atoms with Gasteiger partial charge in [0.15, 0.2) is 0 Å². The maximum absolute atomic E-state index is 6.30. The summed E-state index contributed by atoms with van der Waals surface area (Å²) in [5.74, 6) is 0. The third-order valence-electron chi connectivity index (χ3n) is 3.00. The lowest BCUT2D eigenvalue weighted by atomic mass is 10.0. The molecule has 0 aliphatic rings. The second-order valence-corrected chi connectivity index (χ2v) is 4.26. The van der Waals surface area contributed by atoms with Crippen LogP contribution in [0.1, 0.15) is 43.3 Å². The van der Waals surface area contributed by atoms with Crippen molar-refractivity contribution in [3.05, 3.63) is 41.5 Å². The van der Waals surface area contributed by atoms with Crippen LogP contribution in [-0.4, -0.2) is 20.0 Å². The zero-order valence-electron chi connectivity index (χ0n) is 10.9. The molecule has 0 saturated heterocycles. The van der Waals surface area contributed by atoms with Crippen LogP contribution in [0.4, 0.5) is 0 Å². The van der Waals surface area contributed by atoms with E-state index in [1.54, 1.807) is 12.4 Å². The van der Waals surface area contributed by atoms with Gasteiger partial charge in [-0.15, -0.1) is 5.10 Å². The van der Waals surface area contributed by atoms with E-state index in [1.807, 2.05) is 10.7 Å². The van der Waals surface area contributed by atoms with Crippen molar-refractivity contribution >= 4 is 0 Å². The number of pyridine rings is 1. The van der Waals surface area contributed by atoms with E-state index in [1.165, 1.54) is 5.56 Å². The summed E-state index contributed by atoms with van der Waals surface area (Å²) in [6.07, 6.45) is 5.44. The highest BCUT2D eigenvalue weighted by molar-refractivity contribution is 5.28. The number of rotatable bonds is 5. The van der Waals surface area contributed by atoms with Crippen molar-refractivity contribution in [2.24, 2.45) is 5.73 Å². The number of aromatic nitrogens is 4. The first-order valence-electron chi connectivity index (χ1n) is 6.35. The standard InChI is InChI=1S/C13H19N5/c1-3-8-18-11(9-16-17-18)12(14)13-10(4-2)6-5-7-15-13/h5-7,9,12H,3-4,8,14H2,1-2H3. The lowest BCUT2D eigenvalue weighted by Gasteiger charge is -2.15. The highest BCUT2D eigenvalue weighted by atomic mass is 15.4. The molecule has 0 saturated carbocycles. The average molecular weight is 245 g/mol. The Morgan fingerprint density at radius 2 is 2.22 bits per heavy atom. The fourth-order valence-corrected chi connectivity index (χ4v) is 2.06. The molecule has 2 N–H and O–H groups in total. The predicted molar refractivity (Wildman–Crippen MR) is 70.0 cm³/mol. The van der Waals surface area contributed by atoms with Gasteiger partial charge < -0.3 is 5.73 Å². The molecule has 18 heavy (non-hydrogen) atoms. The van der Waals surface area contributed by atoms with Crippen LogP contribution in [0.25, 0.3) is 0 Å². The Morgan fingerprint density at radius 3 is 2.94 bits per heavy atom. The molecule has 0 amide bonds. The zero-order valence-corrected chi connectivity index (χ0v) is 10.9. The fraction of sp³-hybridized carbons (Fsp3) is 0.462. The largest absolute Gasteiger partial charge is 0.318 e. The van der Waals surface area contributed by atoms with Crippen LogP contribution in [0.15, 0.2) is 24.5 Å². The molecule has 5 heteroatoms. The van der Waals surface area contributed by atoms with Gasteiger partial charge in [0, 0.05) is 12.7 Å². The van der Waals surface area contributed by atoms with Crippen molar-refractivity contribution in [3.8, 4) is 0 Å². The van der Waals surface area contributed by atoms with Crippen molar-refractivity contribution in [2.45, 2.75) is 39.3 Å². The van der Waals surface area contributed by atoms with E-state index in [4.69, 9.17) is 5.73 Å². The summed E-state index contributed by atoms with van der Waals surface area (Å²) in [7, 11) is 0. The monoisotopic (exact) mass is 245 g/mol. The maximum atomic E-state index is 6.30. The van der Waals surface area contributed by atoms with Crippen molar-refractivity contribution in [3.63, 3.8) is 0 Å². The van der Waals surface area contributed by atoms with E-state index < -0.39 is 0 Å². The fourth-order valence-electron chi connectivity index (χ4n) is 2.06. The van der Waals surface area contributed by atoms with Crippen molar-refractivity contribution < 1.29 is 0 Å². The lowest BCUT2D eigenvalue weighted by molar-refractivity contribution is 0.540. The van der Waals surface area contributed by atoms with Crippen LogP contribution < -0.4 is 5.73 Å². The van der Waals surface area contributed by atoms with E-state index in [0.717, 1.165) is 30.8 Å². The molecule has 0 aromatic carbocycles. The highest BCUT2D eigenvalue weighted by Gasteiger charge is 2.18. The second-order valence-electron chi connectivity index (χ2n) is 4.26. The summed E-state index contributed by atoms with van der Waals surface area (Å²) < 4.78 is 1.86. The van der Waals surface area contributed by atoms with Gasteiger partial charge >= 0.3 is 0 Å². The summed E-state index contributed by atoms with van der Waals surface area (Å²) in [6, 6.07) is 3.75. The Bertz CT molecular complexity index is 506. The molecular formula is C13H19N5. The van der Waals surface area contributed by atoms with E-state index >= 15 is 0 Å². The minimum absolute atomic E-state index is 0.261. The normalized spacial score (nSPS) is 12.6. The van der Waals surface area contributed by atoms with Crippen LogP contribution in [0.2, 0.25) is 0 Å². The van der Waals surface area contributed by atoms with Gasteiger partial charge in [0.1, 0.15) is 0 Å². The molecule has 5 nitrogen and oxygen atoms in total. The Kier molecular flexibility index (Phi) is 4.04.